The van der Waals surface area contributed by atoms with E-state index in [4.69, 9.17) is 14.2 Å². The molecule has 1 aliphatic heterocycles. The van der Waals surface area contributed by atoms with E-state index in [1.54, 1.807) is 21.3 Å². The fourth-order valence-corrected chi connectivity index (χ4v) is 3.35. The van der Waals surface area contributed by atoms with E-state index in [0.29, 0.717) is 18.0 Å². The number of carbonyl (C=O) groups is 1. The van der Waals surface area contributed by atoms with E-state index in [-0.39, 0.29) is 12.1 Å². The highest BCUT2D eigenvalue weighted by molar-refractivity contribution is 5.91. The first-order valence-electron chi connectivity index (χ1n) is 9.31. The van der Waals surface area contributed by atoms with Crippen LogP contribution in [0, 0.1) is 0 Å². The third-order valence-electron chi connectivity index (χ3n) is 4.78. The van der Waals surface area contributed by atoms with Crippen molar-refractivity contribution in [3.8, 4) is 17.2 Å². The van der Waals surface area contributed by atoms with Gasteiger partial charge in [0.2, 0.25) is 0 Å². The van der Waals surface area contributed by atoms with Crippen molar-refractivity contribution in [2.75, 3.05) is 45.1 Å². The fourth-order valence-electron chi connectivity index (χ4n) is 3.35. The predicted octanol–water partition coefficient (Wildman–Crippen LogP) is 3.82. The summed E-state index contributed by atoms with van der Waals surface area (Å²) in [5.74, 6) is 2.10. The maximum atomic E-state index is 12.7. The van der Waals surface area contributed by atoms with Crippen LogP contribution in [0.25, 0.3) is 0 Å². The van der Waals surface area contributed by atoms with E-state index in [1.165, 1.54) is 0 Å². The molecule has 0 aromatic heterocycles. The summed E-state index contributed by atoms with van der Waals surface area (Å²) in [5.41, 5.74) is 1.58. The maximum absolute atomic E-state index is 12.7. The molecule has 2 aromatic carbocycles. The van der Waals surface area contributed by atoms with Gasteiger partial charge in [0.25, 0.3) is 0 Å². The lowest BCUT2D eigenvalue weighted by Crippen LogP contribution is -2.46. The molecule has 1 saturated heterocycles. The molecule has 0 aliphatic carbocycles. The molecular formula is C21H27N3O4. The number of nitrogens with one attached hydrogen (secondary N) is 2. The Morgan fingerprint density at radius 2 is 1.75 bits per heavy atom. The molecule has 2 aromatic rings. The third kappa shape index (κ3) is 4.79. The van der Waals surface area contributed by atoms with Gasteiger partial charge in [0, 0.05) is 43.0 Å². The van der Waals surface area contributed by atoms with E-state index in [2.05, 4.69) is 10.6 Å². The second-order valence-electron chi connectivity index (χ2n) is 6.66. The second kappa shape index (κ2) is 9.21. The molecular weight excluding hydrogens is 358 g/mol. The molecule has 0 bridgehead atoms. The molecule has 3 rings (SSSR count). The number of piperidine rings is 1. The maximum Gasteiger partial charge on any atom is 0.322 e. The number of hydrogen-bond donors (Lipinski definition) is 2. The molecule has 7 nitrogen and oxygen atoms in total. The van der Waals surface area contributed by atoms with Crippen molar-refractivity contribution in [2.24, 2.45) is 0 Å². The van der Waals surface area contributed by atoms with Gasteiger partial charge in [-0.1, -0.05) is 12.1 Å². The van der Waals surface area contributed by atoms with E-state index in [9.17, 15) is 4.79 Å². The van der Waals surface area contributed by atoms with Gasteiger partial charge in [0.05, 0.1) is 27.0 Å². The normalized spacial score (nSPS) is 16.2. The minimum absolute atomic E-state index is 0.126. The Bertz CT molecular complexity index is 790. The number of rotatable bonds is 6. The van der Waals surface area contributed by atoms with Crippen molar-refractivity contribution in [3.63, 3.8) is 0 Å². The summed E-state index contributed by atoms with van der Waals surface area (Å²) in [4.78, 5) is 14.6. The van der Waals surface area contributed by atoms with Gasteiger partial charge in [-0.2, -0.15) is 0 Å². The Hall–Kier alpha value is -3.09. The molecule has 0 unspecified atom stereocenters. The summed E-state index contributed by atoms with van der Waals surface area (Å²) in [6.45, 7) is 1.33. The largest absolute Gasteiger partial charge is 0.497 e. The molecule has 1 heterocycles. The van der Waals surface area contributed by atoms with E-state index >= 15 is 0 Å². The quantitative estimate of drug-likeness (QED) is 0.791. The third-order valence-corrected chi connectivity index (χ3v) is 4.78. The highest BCUT2D eigenvalue weighted by atomic mass is 16.5. The van der Waals surface area contributed by atoms with Crippen LogP contribution in [0.15, 0.2) is 42.5 Å². The zero-order chi connectivity index (χ0) is 19.9. The molecule has 28 heavy (non-hydrogen) atoms. The van der Waals surface area contributed by atoms with Gasteiger partial charge in [-0.25, -0.2) is 4.79 Å². The Morgan fingerprint density at radius 1 is 1.04 bits per heavy atom. The number of likely N-dealkylation sites (tertiary alicyclic amines) is 1. The minimum atomic E-state index is -0.126. The second-order valence-corrected chi connectivity index (χ2v) is 6.66. The first-order chi connectivity index (χ1) is 13.6. The van der Waals surface area contributed by atoms with Crippen LogP contribution in [-0.4, -0.2) is 51.4 Å². The molecule has 0 saturated carbocycles. The zero-order valence-electron chi connectivity index (χ0n) is 16.5. The Labute approximate surface area is 165 Å². The van der Waals surface area contributed by atoms with Gasteiger partial charge < -0.3 is 29.7 Å². The standard InChI is InChI=1S/C21H27N3O4/c1-26-17-11-16(12-18(13-17)27-2)22-15-7-6-10-24(14-15)21(25)23-19-8-4-5-9-20(19)28-3/h4-5,8-9,11-13,15,22H,6-7,10,14H2,1-3H3,(H,23,25)/t15-/m0/s1. The van der Waals surface area contributed by atoms with Gasteiger partial charge >= 0.3 is 6.03 Å². The van der Waals surface area contributed by atoms with Crippen LogP contribution in [0.5, 0.6) is 17.2 Å². The van der Waals surface area contributed by atoms with Crippen LogP contribution >= 0.6 is 0 Å². The lowest BCUT2D eigenvalue weighted by Gasteiger charge is -2.34. The smallest absolute Gasteiger partial charge is 0.322 e. The number of amides is 2. The summed E-state index contributed by atoms with van der Waals surface area (Å²) in [6.07, 6.45) is 1.91. The average molecular weight is 385 g/mol. The molecule has 2 N–H and O–H groups in total. The predicted molar refractivity (Wildman–Crippen MR) is 110 cm³/mol. The number of nitrogens with zero attached hydrogens (tertiary/aromatic N) is 1. The Morgan fingerprint density at radius 3 is 2.43 bits per heavy atom. The fraction of sp³-hybridized carbons (Fsp3) is 0.381. The summed E-state index contributed by atoms with van der Waals surface area (Å²) >= 11 is 0. The van der Waals surface area contributed by atoms with Crippen molar-refractivity contribution >= 4 is 17.4 Å². The van der Waals surface area contributed by atoms with Crippen LogP contribution in [-0.2, 0) is 0 Å². The summed E-state index contributed by atoms with van der Waals surface area (Å²) < 4.78 is 16.0. The number of hydrogen-bond acceptors (Lipinski definition) is 5. The SMILES string of the molecule is COc1cc(N[C@H]2CCCN(C(=O)Nc3ccccc3OC)C2)cc(OC)c1. The first kappa shape index (κ1) is 19.7. The minimum Gasteiger partial charge on any atom is -0.497 e. The highest BCUT2D eigenvalue weighted by Gasteiger charge is 2.24. The molecule has 0 radical (unpaired) electrons. The van der Waals surface area contributed by atoms with Gasteiger partial charge in [-0.3, -0.25) is 0 Å². The van der Waals surface area contributed by atoms with E-state index in [1.807, 2.05) is 47.4 Å². The van der Waals surface area contributed by atoms with Gasteiger partial charge in [0.1, 0.15) is 17.2 Å². The topological polar surface area (TPSA) is 72.1 Å². The lowest BCUT2D eigenvalue weighted by molar-refractivity contribution is 0.196. The van der Waals surface area contributed by atoms with Gasteiger partial charge in [-0.05, 0) is 25.0 Å². The molecule has 1 aliphatic rings. The van der Waals surface area contributed by atoms with Crippen LogP contribution < -0.4 is 24.8 Å². The van der Waals surface area contributed by atoms with Gasteiger partial charge in [-0.15, -0.1) is 0 Å². The van der Waals surface area contributed by atoms with Crippen molar-refractivity contribution in [2.45, 2.75) is 18.9 Å². The van der Waals surface area contributed by atoms with Crippen LogP contribution in [0.3, 0.4) is 0 Å². The Balaban J connectivity index is 1.64. The summed E-state index contributed by atoms with van der Waals surface area (Å²) in [6, 6.07) is 13.1. The number of urea groups is 1. The van der Waals surface area contributed by atoms with Crippen molar-refractivity contribution < 1.29 is 19.0 Å². The molecule has 1 atom stereocenters. The van der Waals surface area contributed by atoms with Gasteiger partial charge in [0.15, 0.2) is 0 Å². The number of methoxy groups -OCH3 is 3. The van der Waals surface area contributed by atoms with E-state index < -0.39 is 0 Å². The number of carbonyl (C=O) groups excluding carboxylic acids is 1. The number of para-hydroxylation sites is 2. The van der Waals surface area contributed by atoms with Crippen LogP contribution in [0.1, 0.15) is 12.8 Å². The van der Waals surface area contributed by atoms with Crippen molar-refractivity contribution in [1.82, 2.24) is 4.90 Å². The molecule has 0 spiro atoms. The van der Waals surface area contributed by atoms with Crippen molar-refractivity contribution in [3.05, 3.63) is 42.5 Å². The number of anilines is 2. The number of benzene rings is 2. The van der Waals surface area contributed by atoms with E-state index in [0.717, 1.165) is 36.6 Å². The van der Waals surface area contributed by atoms with Crippen LogP contribution in [0.4, 0.5) is 16.2 Å². The average Bonchev–Trinajstić information content (AvgIpc) is 2.74. The molecule has 1 fully saturated rings. The summed E-state index contributed by atoms with van der Waals surface area (Å²) in [7, 11) is 4.85. The Kier molecular flexibility index (Phi) is 6.47. The lowest BCUT2D eigenvalue weighted by atomic mass is 10.1. The monoisotopic (exact) mass is 385 g/mol. The van der Waals surface area contributed by atoms with Crippen molar-refractivity contribution in [1.29, 1.82) is 0 Å². The molecule has 2 amide bonds. The molecule has 150 valence electrons. The summed E-state index contributed by atoms with van der Waals surface area (Å²) in [5, 5.41) is 6.44. The molecule has 7 heteroatoms. The highest BCUT2D eigenvalue weighted by Crippen LogP contribution is 2.28. The zero-order valence-corrected chi connectivity index (χ0v) is 16.5. The first-order valence-corrected chi connectivity index (χ1v) is 9.31. The van der Waals surface area contributed by atoms with Crippen LogP contribution in [0.2, 0.25) is 0 Å². The number of ether oxygens (including phenoxy) is 3.